The van der Waals surface area contributed by atoms with Crippen molar-refractivity contribution in [2.24, 2.45) is 0 Å². The number of amides is 1. The van der Waals surface area contributed by atoms with Crippen LogP contribution in [-0.2, 0) is 4.74 Å². The number of pyridine rings is 1. The minimum absolute atomic E-state index is 0.0254. The maximum atomic E-state index is 13.4. The third-order valence-corrected chi connectivity index (χ3v) is 6.36. The van der Waals surface area contributed by atoms with Crippen molar-refractivity contribution >= 4 is 28.6 Å². The van der Waals surface area contributed by atoms with E-state index in [1.165, 1.54) is 6.20 Å². The highest BCUT2D eigenvalue weighted by Gasteiger charge is 2.19. The van der Waals surface area contributed by atoms with Crippen molar-refractivity contribution < 1.29 is 9.53 Å². The van der Waals surface area contributed by atoms with Crippen molar-refractivity contribution in [1.82, 2.24) is 24.8 Å². The number of ether oxygens (including phenoxy) is 1. The van der Waals surface area contributed by atoms with Crippen molar-refractivity contribution in [1.29, 1.82) is 5.26 Å². The molecule has 192 valence electrons. The molecule has 2 aromatic heterocycles. The lowest BCUT2D eigenvalue weighted by atomic mass is 10.1. The van der Waals surface area contributed by atoms with E-state index < -0.39 is 11.3 Å². The second-order valence-corrected chi connectivity index (χ2v) is 9.04. The van der Waals surface area contributed by atoms with E-state index in [-0.39, 0.29) is 16.9 Å². The number of aromatic nitrogens is 3. The van der Waals surface area contributed by atoms with Gasteiger partial charge in [-0.2, -0.15) is 10.2 Å². The molecule has 2 N–H and O–H groups in total. The van der Waals surface area contributed by atoms with Gasteiger partial charge in [0.05, 0.1) is 30.2 Å². The summed E-state index contributed by atoms with van der Waals surface area (Å²) in [6, 6.07) is 16.7. The van der Waals surface area contributed by atoms with Crippen molar-refractivity contribution in [2.75, 3.05) is 44.7 Å². The molecule has 0 aliphatic carbocycles. The molecule has 1 fully saturated rings. The van der Waals surface area contributed by atoms with Crippen LogP contribution in [0, 0.1) is 18.3 Å². The zero-order chi connectivity index (χ0) is 26.5. The van der Waals surface area contributed by atoms with E-state index in [1.807, 2.05) is 31.2 Å². The van der Waals surface area contributed by atoms with Gasteiger partial charge in [-0.3, -0.25) is 14.5 Å². The van der Waals surface area contributed by atoms with E-state index in [4.69, 9.17) is 10.00 Å². The van der Waals surface area contributed by atoms with Crippen LogP contribution in [0.25, 0.3) is 16.7 Å². The molecule has 1 aliphatic heterocycles. The summed E-state index contributed by atoms with van der Waals surface area (Å²) < 4.78 is 7.11. The number of benzene rings is 2. The lowest BCUT2D eigenvalue weighted by Crippen LogP contribution is -2.42. The molecular weight excluding hydrogens is 482 g/mol. The van der Waals surface area contributed by atoms with Crippen LogP contribution < -0.4 is 16.1 Å². The molecule has 3 heterocycles. The SMILES string of the molecule is Cc1cccc(-n2cc(C(=O)NCCN3CCOCC3)c(=O)c3cnc(Nc4ccc(C#N)cc4)nc32)c1. The molecule has 0 spiro atoms. The van der Waals surface area contributed by atoms with E-state index in [9.17, 15) is 9.59 Å². The van der Waals surface area contributed by atoms with E-state index in [2.05, 4.69) is 31.6 Å². The molecule has 1 saturated heterocycles. The Labute approximate surface area is 219 Å². The first-order valence-corrected chi connectivity index (χ1v) is 12.4. The quantitative estimate of drug-likeness (QED) is 0.390. The van der Waals surface area contributed by atoms with Crippen molar-refractivity contribution in [3.63, 3.8) is 0 Å². The molecule has 0 unspecified atom stereocenters. The Morgan fingerprint density at radius 2 is 1.95 bits per heavy atom. The maximum absolute atomic E-state index is 13.4. The first kappa shape index (κ1) is 25.1. The fraction of sp³-hybridized carbons (Fsp3) is 0.250. The molecule has 10 nitrogen and oxygen atoms in total. The first-order chi connectivity index (χ1) is 18.5. The van der Waals surface area contributed by atoms with Gasteiger partial charge < -0.3 is 19.9 Å². The second-order valence-electron chi connectivity index (χ2n) is 9.04. The van der Waals surface area contributed by atoms with Crippen LogP contribution in [0.1, 0.15) is 21.5 Å². The maximum Gasteiger partial charge on any atom is 0.256 e. The van der Waals surface area contributed by atoms with Gasteiger partial charge in [-0.15, -0.1) is 0 Å². The number of hydrogen-bond acceptors (Lipinski definition) is 8. The van der Waals surface area contributed by atoms with Gasteiger partial charge in [0.25, 0.3) is 5.91 Å². The summed E-state index contributed by atoms with van der Waals surface area (Å²) in [6.07, 6.45) is 2.98. The van der Waals surface area contributed by atoms with Crippen LogP contribution >= 0.6 is 0 Å². The second kappa shape index (κ2) is 11.2. The van der Waals surface area contributed by atoms with Crippen molar-refractivity contribution in [3.05, 3.63) is 87.8 Å². The van der Waals surface area contributed by atoms with Gasteiger partial charge in [0.1, 0.15) is 5.56 Å². The Morgan fingerprint density at radius 3 is 2.68 bits per heavy atom. The molecule has 0 bridgehead atoms. The number of anilines is 2. The lowest BCUT2D eigenvalue weighted by molar-refractivity contribution is 0.0383. The number of nitriles is 1. The van der Waals surface area contributed by atoms with Crippen LogP contribution in [0.4, 0.5) is 11.6 Å². The summed E-state index contributed by atoms with van der Waals surface area (Å²) in [5.74, 6) is -0.155. The zero-order valence-corrected chi connectivity index (χ0v) is 21.0. The number of carbonyl (C=O) groups excluding carboxylic acids is 1. The van der Waals surface area contributed by atoms with Gasteiger partial charge in [-0.1, -0.05) is 12.1 Å². The standard InChI is InChI=1S/C28H27N7O3/c1-19-3-2-4-22(15-19)35-18-24(27(37)30-9-10-34-11-13-38-14-12-34)25(36)23-17-31-28(33-26(23)35)32-21-7-5-20(16-29)6-8-21/h2-8,15,17-18H,9-14H2,1H3,(H,30,37)(H,31,32,33). The lowest BCUT2D eigenvalue weighted by Gasteiger charge is -2.26. The Kier molecular flexibility index (Phi) is 7.40. The van der Waals surface area contributed by atoms with Crippen LogP contribution in [0.15, 0.2) is 65.7 Å². The fourth-order valence-corrected chi connectivity index (χ4v) is 4.31. The van der Waals surface area contributed by atoms with Gasteiger partial charge in [0.2, 0.25) is 11.4 Å². The highest BCUT2D eigenvalue weighted by molar-refractivity contribution is 5.97. The van der Waals surface area contributed by atoms with Gasteiger partial charge in [0.15, 0.2) is 5.65 Å². The molecule has 38 heavy (non-hydrogen) atoms. The number of morpholine rings is 1. The summed E-state index contributed by atoms with van der Waals surface area (Å²) in [6.45, 7) is 6.08. The number of carbonyl (C=O) groups is 1. The highest BCUT2D eigenvalue weighted by atomic mass is 16.5. The van der Waals surface area contributed by atoms with Crippen LogP contribution in [0.5, 0.6) is 0 Å². The minimum Gasteiger partial charge on any atom is -0.379 e. The topological polar surface area (TPSA) is 125 Å². The summed E-state index contributed by atoms with van der Waals surface area (Å²) in [4.78, 5) is 37.7. The number of rotatable bonds is 7. The first-order valence-electron chi connectivity index (χ1n) is 12.4. The Bertz CT molecular complexity index is 1570. The largest absolute Gasteiger partial charge is 0.379 e. The Balaban J connectivity index is 1.49. The molecule has 1 amide bonds. The average molecular weight is 510 g/mol. The third-order valence-electron chi connectivity index (χ3n) is 6.36. The van der Waals surface area contributed by atoms with E-state index in [0.717, 1.165) is 24.3 Å². The summed E-state index contributed by atoms with van der Waals surface area (Å²) in [5, 5.41) is 15.3. The van der Waals surface area contributed by atoms with E-state index in [1.54, 1.807) is 35.0 Å². The van der Waals surface area contributed by atoms with Gasteiger partial charge >= 0.3 is 0 Å². The smallest absolute Gasteiger partial charge is 0.256 e. The molecule has 0 saturated carbocycles. The molecule has 0 radical (unpaired) electrons. The molecular formula is C28H27N7O3. The van der Waals surface area contributed by atoms with Gasteiger partial charge in [0, 0.05) is 49.9 Å². The van der Waals surface area contributed by atoms with Crippen LogP contribution in [-0.4, -0.2) is 64.7 Å². The Hall–Kier alpha value is -4.59. The van der Waals surface area contributed by atoms with Crippen molar-refractivity contribution in [3.8, 4) is 11.8 Å². The average Bonchev–Trinajstić information content (AvgIpc) is 2.94. The minimum atomic E-state index is -0.439. The molecule has 1 aliphatic rings. The number of nitrogens with zero attached hydrogens (tertiary/aromatic N) is 5. The van der Waals surface area contributed by atoms with Crippen molar-refractivity contribution in [2.45, 2.75) is 6.92 Å². The zero-order valence-electron chi connectivity index (χ0n) is 21.0. The molecule has 5 rings (SSSR count). The highest BCUT2D eigenvalue weighted by Crippen LogP contribution is 2.20. The van der Waals surface area contributed by atoms with E-state index in [0.29, 0.717) is 43.2 Å². The Morgan fingerprint density at radius 1 is 1.16 bits per heavy atom. The summed E-state index contributed by atoms with van der Waals surface area (Å²) in [5.41, 5.74) is 2.99. The fourth-order valence-electron chi connectivity index (χ4n) is 4.31. The number of nitrogens with one attached hydrogen (secondary N) is 2. The van der Waals surface area contributed by atoms with Gasteiger partial charge in [-0.25, -0.2) is 4.98 Å². The number of fused-ring (bicyclic) bond motifs is 1. The van der Waals surface area contributed by atoms with Crippen LogP contribution in [0.3, 0.4) is 0 Å². The number of hydrogen-bond donors (Lipinski definition) is 2. The molecule has 4 aromatic rings. The molecule has 2 aromatic carbocycles. The predicted molar refractivity (Wildman–Crippen MR) is 144 cm³/mol. The summed E-state index contributed by atoms with van der Waals surface area (Å²) in [7, 11) is 0. The molecule has 0 atom stereocenters. The van der Waals surface area contributed by atoms with Crippen LogP contribution in [0.2, 0.25) is 0 Å². The normalized spacial score (nSPS) is 13.7. The predicted octanol–water partition coefficient (Wildman–Crippen LogP) is 2.77. The number of aryl methyl sites for hydroxylation is 1. The molecule has 10 heteroatoms. The summed E-state index contributed by atoms with van der Waals surface area (Å²) >= 11 is 0. The van der Waals surface area contributed by atoms with E-state index >= 15 is 0 Å². The third kappa shape index (κ3) is 5.54. The van der Waals surface area contributed by atoms with Gasteiger partial charge in [-0.05, 0) is 48.9 Å². The monoisotopic (exact) mass is 509 g/mol.